The van der Waals surface area contributed by atoms with Gasteiger partial charge in [-0.2, -0.15) is 0 Å². The van der Waals surface area contributed by atoms with Crippen LogP contribution in [0, 0.1) is 0 Å². The van der Waals surface area contributed by atoms with E-state index in [9.17, 15) is 0 Å². The molecule has 0 radical (unpaired) electrons. The number of benzene rings is 9. The molecule has 2 nitrogen and oxygen atoms in total. The first-order valence-corrected chi connectivity index (χ1v) is 17.8. The van der Waals surface area contributed by atoms with Crippen LogP contribution in [0.15, 0.2) is 212 Å². The van der Waals surface area contributed by atoms with Crippen molar-refractivity contribution in [3.63, 3.8) is 0 Å². The van der Waals surface area contributed by atoms with Crippen molar-refractivity contribution in [2.45, 2.75) is 0 Å². The molecule has 9 aromatic rings. The molecule has 0 fully saturated rings. The lowest BCUT2D eigenvalue weighted by atomic mass is 9.93. The zero-order valence-corrected chi connectivity index (χ0v) is 28.7. The second kappa shape index (κ2) is 13.8. The predicted molar refractivity (Wildman–Crippen MR) is 222 cm³/mol. The average Bonchev–Trinajstić information content (AvgIpc) is 3.23. The molecule has 9 aromatic carbocycles. The molecule has 0 atom stereocenters. The van der Waals surface area contributed by atoms with Crippen LogP contribution >= 0.6 is 0 Å². The summed E-state index contributed by atoms with van der Waals surface area (Å²) in [6.45, 7) is 0. The number of fused-ring (bicyclic) bond motifs is 3. The van der Waals surface area contributed by atoms with E-state index in [-0.39, 0.29) is 0 Å². The average molecular weight is 665 g/mol. The molecule has 0 aromatic heterocycles. The first-order valence-electron chi connectivity index (χ1n) is 17.8. The van der Waals surface area contributed by atoms with Crippen molar-refractivity contribution >= 4 is 50.0 Å². The number of hydrogen-bond donors (Lipinski definition) is 1. The third kappa shape index (κ3) is 5.97. The van der Waals surface area contributed by atoms with Gasteiger partial charge >= 0.3 is 0 Å². The quantitative estimate of drug-likeness (QED) is 0.163. The summed E-state index contributed by atoms with van der Waals surface area (Å²) in [4.78, 5) is 2.37. The molecule has 0 spiro atoms. The fourth-order valence-electron chi connectivity index (χ4n) is 7.35. The van der Waals surface area contributed by atoms with Crippen molar-refractivity contribution < 1.29 is 0 Å². The Hall–Kier alpha value is -6.90. The van der Waals surface area contributed by atoms with Gasteiger partial charge in [0.1, 0.15) is 0 Å². The summed E-state index contributed by atoms with van der Waals surface area (Å²) in [5.41, 5.74) is 12.5. The van der Waals surface area contributed by atoms with Crippen LogP contribution in [0.3, 0.4) is 0 Å². The molecule has 0 saturated carbocycles. The number of hydrogen-bond acceptors (Lipinski definition) is 2. The predicted octanol–water partition coefficient (Wildman–Crippen LogP) is 14.2. The highest BCUT2D eigenvalue weighted by Gasteiger charge is 2.18. The van der Waals surface area contributed by atoms with E-state index in [1.165, 1.54) is 54.9 Å². The van der Waals surface area contributed by atoms with Gasteiger partial charge in [0.05, 0.1) is 5.69 Å². The number of nitrogens with zero attached hydrogens (tertiary/aromatic N) is 1. The van der Waals surface area contributed by atoms with E-state index in [0.717, 1.165) is 28.4 Å². The second-order valence-corrected chi connectivity index (χ2v) is 13.0. The van der Waals surface area contributed by atoms with Gasteiger partial charge in [-0.3, -0.25) is 0 Å². The van der Waals surface area contributed by atoms with Crippen molar-refractivity contribution in [2.24, 2.45) is 0 Å². The van der Waals surface area contributed by atoms with Crippen LogP contribution in [0.4, 0.5) is 28.4 Å². The van der Waals surface area contributed by atoms with Crippen LogP contribution in [-0.2, 0) is 0 Å². The lowest BCUT2D eigenvalue weighted by molar-refractivity contribution is 1.28. The standard InChI is InChI=1S/C50H36N2/c1-3-15-36(16-4-1)44-21-11-13-25-49(44)51-40-29-33-42(34-30-40)52(50-26-14-12-22-45(50)37-17-5-2-6-18-37)41-31-27-38(28-32-41)48-35-39-19-7-8-20-43(39)46-23-9-10-24-47(46)48/h1-35,51H. The van der Waals surface area contributed by atoms with Gasteiger partial charge in [-0.1, -0.05) is 158 Å². The number of nitrogens with one attached hydrogen (secondary N) is 1. The minimum Gasteiger partial charge on any atom is -0.355 e. The molecule has 9 rings (SSSR count). The molecule has 0 aliphatic heterocycles. The Morgan fingerprint density at radius 3 is 1.54 bits per heavy atom. The van der Waals surface area contributed by atoms with Gasteiger partial charge in [-0.05, 0) is 98.4 Å². The first-order chi connectivity index (χ1) is 25.8. The molecule has 0 saturated heterocycles. The van der Waals surface area contributed by atoms with Crippen LogP contribution in [0.5, 0.6) is 0 Å². The highest BCUT2D eigenvalue weighted by molar-refractivity contribution is 6.13. The van der Waals surface area contributed by atoms with Crippen molar-refractivity contribution in [3.05, 3.63) is 212 Å². The van der Waals surface area contributed by atoms with Crippen LogP contribution < -0.4 is 10.2 Å². The van der Waals surface area contributed by atoms with E-state index in [4.69, 9.17) is 0 Å². The Balaban J connectivity index is 1.12. The second-order valence-electron chi connectivity index (χ2n) is 13.0. The van der Waals surface area contributed by atoms with Crippen molar-refractivity contribution in [2.75, 3.05) is 10.2 Å². The Kier molecular flexibility index (Phi) is 8.24. The molecular weight excluding hydrogens is 629 g/mol. The van der Waals surface area contributed by atoms with E-state index in [1.807, 2.05) is 0 Å². The van der Waals surface area contributed by atoms with Gasteiger partial charge in [0.15, 0.2) is 0 Å². The van der Waals surface area contributed by atoms with Crippen molar-refractivity contribution in [1.82, 2.24) is 0 Å². The van der Waals surface area contributed by atoms with Gasteiger partial charge in [-0.25, -0.2) is 0 Å². The summed E-state index contributed by atoms with van der Waals surface area (Å²) in [5, 5.41) is 8.76. The lowest BCUT2D eigenvalue weighted by Crippen LogP contribution is -2.11. The van der Waals surface area contributed by atoms with Crippen LogP contribution in [-0.4, -0.2) is 0 Å². The Labute approximate surface area is 304 Å². The maximum Gasteiger partial charge on any atom is 0.0540 e. The van der Waals surface area contributed by atoms with Crippen molar-refractivity contribution in [3.8, 4) is 33.4 Å². The number of anilines is 5. The van der Waals surface area contributed by atoms with E-state index in [2.05, 4.69) is 223 Å². The normalized spacial score (nSPS) is 11.1. The molecule has 0 amide bonds. The summed E-state index contributed by atoms with van der Waals surface area (Å²) in [5.74, 6) is 0. The third-order valence-corrected chi connectivity index (χ3v) is 9.85. The van der Waals surface area contributed by atoms with E-state index >= 15 is 0 Å². The van der Waals surface area contributed by atoms with Gasteiger partial charge in [0.25, 0.3) is 0 Å². The molecule has 0 aliphatic rings. The maximum atomic E-state index is 3.69. The molecule has 2 heteroatoms. The topological polar surface area (TPSA) is 15.3 Å². The minimum atomic E-state index is 1.03. The largest absolute Gasteiger partial charge is 0.355 e. The highest BCUT2D eigenvalue weighted by atomic mass is 15.1. The van der Waals surface area contributed by atoms with Crippen LogP contribution in [0.1, 0.15) is 0 Å². The molecule has 0 bridgehead atoms. The monoisotopic (exact) mass is 664 g/mol. The third-order valence-electron chi connectivity index (χ3n) is 9.85. The molecular formula is C50H36N2. The van der Waals surface area contributed by atoms with Crippen molar-refractivity contribution in [1.29, 1.82) is 0 Å². The summed E-state index contributed by atoms with van der Waals surface area (Å²) in [6.07, 6.45) is 0. The van der Waals surface area contributed by atoms with Gasteiger partial charge in [-0.15, -0.1) is 0 Å². The summed E-state index contributed by atoms with van der Waals surface area (Å²) in [7, 11) is 0. The first kappa shape index (κ1) is 31.1. The zero-order valence-electron chi connectivity index (χ0n) is 28.7. The summed E-state index contributed by atoms with van der Waals surface area (Å²) >= 11 is 0. The molecule has 246 valence electrons. The summed E-state index contributed by atoms with van der Waals surface area (Å²) < 4.78 is 0. The van der Waals surface area contributed by atoms with Gasteiger partial charge in [0, 0.05) is 33.9 Å². The number of rotatable bonds is 8. The Bertz CT molecular complexity index is 2630. The molecule has 0 aliphatic carbocycles. The Morgan fingerprint density at radius 1 is 0.327 bits per heavy atom. The molecule has 0 heterocycles. The molecule has 1 N–H and O–H groups in total. The van der Waals surface area contributed by atoms with E-state index in [1.54, 1.807) is 0 Å². The minimum absolute atomic E-state index is 1.03. The molecule has 52 heavy (non-hydrogen) atoms. The fraction of sp³-hybridized carbons (Fsp3) is 0. The van der Waals surface area contributed by atoms with Gasteiger partial charge in [0.2, 0.25) is 0 Å². The van der Waals surface area contributed by atoms with Crippen LogP contribution in [0.25, 0.3) is 54.9 Å². The number of para-hydroxylation sites is 2. The Morgan fingerprint density at radius 2 is 0.827 bits per heavy atom. The molecule has 0 unspecified atom stereocenters. The van der Waals surface area contributed by atoms with E-state index < -0.39 is 0 Å². The SMILES string of the molecule is c1ccc(-c2ccccc2Nc2ccc(N(c3ccc(-c4cc5ccccc5c5ccccc45)cc3)c3ccccc3-c3ccccc3)cc2)cc1. The zero-order chi connectivity index (χ0) is 34.7. The van der Waals surface area contributed by atoms with Crippen LogP contribution in [0.2, 0.25) is 0 Å². The fourth-order valence-corrected chi connectivity index (χ4v) is 7.35. The lowest BCUT2D eigenvalue weighted by Gasteiger charge is -2.28. The summed E-state index contributed by atoms with van der Waals surface area (Å²) in [6, 6.07) is 75.8. The van der Waals surface area contributed by atoms with E-state index in [0.29, 0.717) is 0 Å². The smallest absolute Gasteiger partial charge is 0.0540 e. The maximum absolute atomic E-state index is 3.69. The highest BCUT2D eigenvalue weighted by Crippen LogP contribution is 2.43. The van der Waals surface area contributed by atoms with Gasteiger partial charge < -0.3 is 10.2 Å².